The van der Waals surface area contributed by atoms with Crippen LogP contribution in [-0.2, 0) is 4.79 Å². The molecule has 0 spiro atoms. The normalized spacial score (nSPS) is 9.31. The standard InChI is InChI=1S/C9H15N3O/c1-3-6-11-9(13)8-12(2)7-4-5-10/h3H,1,4,6-8H2,2H3,(H,11,13). The van der Waals surface area contributed by atoms with E-state index in [0.29, 0.717) is 26.1 Å². The summed E-state index contributed by atoms with van der Waals surface area (Å²) in [7, 11) is 1.81. The Morgan fingerprint density at radius 1 is 1.77 bits per heavy atom. The number of carbonyl (C=O) groups is 1. The average molecular weight is 181 g/mol. The van der Waals surface area contributed by atoms with Crippen molar-refractivity contribution in [3.05, 3.63) is 12.7 Å². The smallest absolute Gasteiger partial charge is 0.234 e. The van der Waals surface area contributed by atoms with Crippen LogP contribution in [-0.4, -0.2) is 37.5 Å². The molecule has 0 aromatic heterocycles. The second kappa shape index (κ2) is 7.32. The van der Waals surface area contributed by atoms with Crippen LogP contribution < -0.4 is 5.32 Å². The van der Waals surface area contributed by atoms with Gasteiger partial charge in [-0.1, -0.05) is 6.08 Å². The first-order valence-corrected chi connectivity index (χ1v) is 4.13. The lowest BCUT2D eigenvalue weighted by atomic mass is 10.4. The summed E-state index contributed by atoms with van der Waals surface area (Å²) in [5.74, 6) is -0.0414. The van der Waals surface area contributed by atoms with Gasteiger partial charge in [-0.15, -0.1) is 6.58 Å². The van der Waals surface area contributed by atoms with Crippen molar-refractivity contribution in [2.24, 2.45) is 0 Å². The summed E-state index contributed by atoms with van der Waals surface area (Å²) in [6.07, 6.45) is 2.08. The fourth-order valence-electron chi connectivity index (χ4n) is 0.807. The number of rotatable bonds is 6. The van der Waals surface area contributed by atoms with Crippen LogP contribution in [0.5, 0.6) is 0 Å². The SMILES string of the molecule is C=CCNC(=O)CN(C)CCC#N. The molecule has 0 atom stereocenters. The third kappa shape index (κ3) is 7.04. The number of nitrogens with zero attached hydrogens (tertiary/aromatic N) is 2. The van der Waals surface area contributed by atoms with Crippen LogP contribution in [0.3, 0.4) is 0 Å². The third-order valence-electron chi connectivity index (χ3n) is 1.46. The number of hydrogen-bond donors (Lipinski definition) is 1. The van der Waals surface area contributed by atoms with Crippen LogP contribution in [0.4, 0.5) is 0 Å². The minimum Gasteiger partial charge on any atom is -0.352 e. The molecule has 0 saturated heterocycles. The van der Waals surface area contributed by atoms with Gasteiger partial charge in [0.05, 0.1) is 12.6 Å². The Kier molecular flexibility index (Phi) is 6.56. The second-order valence-corrected chi connectivity index (χ2v) is 2.74. The van der Waals surface area contributed by atoms with E-state index in [9.17, 15) is 4.79 Å². The zero-order valence-electron chi connectivity index (χ0n) is 7.92. The van der Waals surface area contributed by atoms with Crippen molar-refractivity contribution in [1.29, 1.82) is 5.26 Å². The molecule has 1 amide bonds. The van der Waals surface area contributed by atoms with E-state index >= 15 is 0 Å². The summed E-state index contributed by atoms with van der Waals surface area (Å²) in [6.45, 7) is 4.93. The Labute approximate surface area is 78.8 Å². The van der Waals surface area contributed by atoms with E-state index in [1.807, 2.05) is 18.0 Å². The predicted molar refractivity (Wildman–Crippen MR) is 50.9 cm³/mol. The number of likely N-dealkylation sites (N-methyl/N-ethyl adjacent to an activating group) is 1. The molecule has 0 fully saturated rings. The van der Waals surface area contributed by atoms with E-state index < -0.39 is 0 Å². The molecule has 1 N–H and O–H groups in total. The number of hydrogen-bond acceptors (Lipinski definition) is 3. The first kappa shape index (κ1) is 11.7. The molecule has 0 aliphatic carbocycles. The summed E-state index contributed by atoms with van der Waals surface area (Å²) in [5, 5.41) is 11.0. The van der Waals surface area contributed by atoms with Crippen molar-refractivity contribution in [3.63, 3.8) is 0 Å². The van der Waals surface area contributed by atoms with Crippen LogP contribution in [0.2, 0.25) is 0 Å². The fourth-order valence-corrected chi connectivity index (χ4v) is 0.807. The summed E-state index contributed by atoms with van der Waals surface area (Å²) in [6, 6.07) is 2.03. The Hall–Kier alpha value is -1.34. The Morgan fingerprint density at radius 3 is 3.00 bits per heavy atom. The highest BCUT2D eigenvalue weighted by Crippen LogP contribution is 1.85. The predicted octanol–water partition coefficient (Wildman–Crippen LogP) is 0.134. The molecule has 0 unspecified atom stereocenters. The maximum atomic E-state index is 11.1. The number of carbonyl (C=O) groups excluding carboxylic acids is 1. The van der Waals surface area contributed by atoms with E-state index in [1.165, 1.54) is 0 Å². The van der Waals surface area contributed by atoms with Gasteiger partial charge in [0.25, 0.3) is 0 Å². The molecule has 0 radical (unpaired) electrons. The van der Waals surface area contributed by atoms with Gasteiger partial charge in [-0.3, -0.25) is 9.69 Å². The van der Waals surface area contributed by atoms with E-state index in [-0.39, 0.29) is 5.91 Å². The second-order valence-electron chi connectivity index (χ2n) is 2.74. The van der Waals surface area contributed by atoms with Gasteiger partial charge in [-0.25, -0.2) is 0 Å². The van der Waals surface area contributed by atoms with Gasteiger partial charge in [0, 0.05) is 19.5 Å². The lowest BCUT2D eigenvalue weighted by Crippen LogP contribution is -2.35. The first-order chi connectivity index (χ1) is 6.20. The number of nitriles is 1. The zero-order chi connectivity index (χ0) is 10.1. The maximum Gasteiger partial charge on any atom is 0.234 e. The lowest BCUT2D eigenvalue weighted by Gasteiger charge is -2.13. The lowest BCUT2D eigenvalue weighted by molar-refractivity contribution is -0.121. The van der Waals surface area contributed by atoms with Crippen LogP contribution in [0, 0.1) is 11.3 Å². The summed E-state index contributed by atoms with van der Waals surface area (Å²) >= 11 is 0. The van der Waals surface area contributed by atoms with Crippen LogP contribution in [0.15, 0.2) is 12.7 Å². The topological polar surface area (TPSA) is 56.1 Å². The Morgan fingerprint density at radius 2 is 2.46 bits per heavy atom. The van der Waals surface area contributed by atoms with Gasteiger partial charge in [-0.05, 0) is 7.05 Å². The van der Waals surface area contributed by atoms with Crippen molar-refractivity contribution < 1.29 is 4.79 Å². The van der Waals surface area contributed by atoms with Gasteiger partial charge >= 0.3 is 0 Å². The molecule has 13 heavy (non-hydrogen) atoms. The first-order valence-electron chi connectivity index (χ1n) is 4.13. The fraction of sp³-hybridized carbons (Fsp3) is 0.556. The average Bonchev–Trinajstić information content (AvgIpc) is 2.11. The van der Waals surface area contributed by atoms with Crippen LogP contribution in [0.1, 0.15) is 6.42 Å². The highest BCUT2D eigenvalue weighted by molar-refractivity contribution is 5.78. The Balaban J connectivity index is 3.53. The summed E-state index contributed by atoms with van der Waals surface area (Å²) in [4.78, 5) is 12.9. The van der Waals surface area contributed by atoms with Crippen LogP contribution in [0.25, 0.3) is 0 Å². The molecule has 4 nitrogen and oxygen atoms in total. The van der Waals surface area contributed by atoms with Gasteiger partial charge in [0.1, 0.15) is 0 Å². The molecule has 0 saturated carbocycles. The van der Waals surface area contributed by atoms with E-state index in [1.54, 1.807) is 6.08 Å². The van der Waals surface area contributed by atoms with E-state index in [0.717, 1.165) is 0 Å². The van der Waals surface area contributed by atoms with Crippen molar-refractivity contribution in [2.45, 2.75) is 6.42 Å². The molecule has 0 bridgehead atoms. The monoisotopic (exact) mass is 181 g/mol. The van der Waals surface area contributed by atoms with E-state index in [4.69, 9.17) is 5.26 Å². The van der Waals surface area contributed by atoms with Crippen molar-refractivity contribution in [2.75, 3.05) is 26.7 Å². The summed E-state index contributed by atoms with van der Waals surface area (Å²) in [5.41, 5.74) is 0. The minimum absolute atomic E-state index is 0.0414. The highest BCUT2D eigenvalue weighted by atomic mass is 16.1. The number of nitrogens with one attached hydrogen (secondary N) is 1. The quantitative estimate of drug-likeness (QED) is 0.593. The molecule has 0 rings (SSSR count). The molecule has 0 aromatic carbocycles. The van der Waals surface area contributed by atoms with Gasteiger partial charge in [-0.2, -0.15) is 5.26 Å². The maximum absolute atomic E-state index is 11.1. The van der Waals surface area contributed by atoms with Gasteiger partial charge < -0.3 is 5.32 Å². The summed E-state index contributed by atoms with van der Waals surface area (Å²) < 4.78 is 0. The molecule has 0 aliphatic heterocycles. The molecule has 0 heterocycles. The molecule has 0 aromatic rings. The Bertz CT molecular complexity index is 207. The molecule has 4 heteroatoms. The number of amides is 1. The van der Waals surface area contributed by atoms with Crippen molar-refractivity contribution >= 4 is 5.91 Å². The third-order valence-corrected chi connectivity index (χ3v) is 1.46. The molecule has 0 aliphatic rings. The van der Waals surface area contributed by atoms with E-state index in [2.05, 4.69) is 11.9 Å². The molecule has 72 valence electrons. The minimum atomic E-state index is -0.0414. The van der Waals surface area contributed by atoms with Crippen molar-refractivity contribution in [3.8, 4) is 6.07 Å². The largest absolute Gasteiger partial charge is 0.352 e. The molecular weight excluding hydrogens is 166 g/mol. The van der Waals surface area contributed by atoms with Crippen LogP contribution >= 0.6 is 0 Å². The zero-order valence-corrected chi connectivity index (χ0v) is 7.92. The van der Waals surface area contributed by atoms with Gasteiger partial charge in [0.15, 0.2) is 0 Å². The van der Waals surface area contributed by atoms with Gasteiger partial charge in [0.2, 0.25) is 5.91 Å². The van der Waals surface area contributed by atoms with Crippen molar-refractivity contribution in [1.82, 2.24) is 10.2 Å². The molecular formula is C9H15N3O. The highest BCUT2D eigenvalue weighted by Gasteiger charge is 2.03.